The van der Waals surface area contributed by atoms with Crippen molar-refractivity contribution in [3.05, 3.63) is 65.7 Å². The molecule has 2 aromatic rings. The minimum absolute atomic E-state index is 0.0957. The van der Waals surface area contributed by atoms with Crippen LogP contribution in [0.1, 0.15) is 28.8 Å². The fraction of sp³-hybridized carbons (Fsp3) is 0.316. The molecule has 0 atom stereocenters. The number of rotatable bonds is 6. The maximum Gasteiger partial charge on any atom is 0.254 e. The summed E-state index contributed by atoms with van der Waals surface area (Å²) in [5.74, 6) is 1.54. The largest absolute Gasteiger partial charge is 0.497 e. The number of ether oxygens (including phenoxy) is 1. The minimum Gasteiger partial charge on any atom is -0.497 e. The van der Waals surface area contributed by atoms with Gasteiger partial charge >= 0.3 is 0 Å². The monoisotopic (exact) mass is 295 g/mol. The van der Waals surface area contributed by atoms with E-state index in [1.807, 2.05) is 47.4 Å². The molecular weight excluding hydrogens is 274 g/mol. The Hall–Kier alpha value is -2.29. The zero-order chi connectivity index (χ0) is 15.4. The highest BCUT2D eigenvalue weighted by molar-refractivity contribution is 5.94. The number of amides is 1. The Morgan fingerprint density at radius 1 is 1.09 bits per heavy atom. The second kappa shape index (κ2) is 6.65. The molecule has 0 heterocycles. The fourth-order valence-corrected chi connectivity index (χ4v) is 2.55. The Morgan fingerprint density at radius 2 is 1.77 bits per heavy atom. The third kappa shape index (κ3) is 3.67. The predicted molar refractivity (Wildman–Crippen MR) is 86.9 cm³/mol. The molecule has 3 heteroatoms. The van der Waals surface area contributed by atoms with E-state index < -0.39 is 0 Å². The zero-order valence-electron chi connectivity index (χ0n) is 12.9. The van der Waals surface area contributed by atoms with E-state index in [0.29, 0.717) is 12.5 Å². The lowest BCUT2D eigenvalue weighted by Gasteiger charge is -2.23. The van der Waals surface area contributed by atoms with Gasteiger partial charge in [-0.15, -0.1) is 0 Å². The number of hydrogen-bond acceptors (Lipinski definition) is 2. The lowest BCUT2D eigenvalue weighted by atomic mass is 10.1. The van der Waals surface area contributed by atoms with Crippen LogP contribution in [0.2, 0.25) is 0 Å². The average Bonchev–Trinajstić information content (AvgIpc) is 3.39. The van der Waals surface area contributed by atoms with Gasteiger partial charge in [0, 0.05) is 18.7 Å². The molecule has 0 bridgehead atoms. The number of carbonyl (C=O) groups excluding carboxylic acids is 1. The smallest absolute Gasteiger partial charge is 0.254 e. The summed E-state index contributed by atoms with van der Waals surface area (Å²) in [6, 6.07) is 17.5. The number of hydrogen-bond donors (Lipinski definition) is 0. The molecule has 0 aromatic heterocycles. The van der Waals surface area contributed by atoms with Crippen LogP contribution in [0.5, 0.6) is 5.75 Å². The van der Waals surface area contributed by atoms with Crippen molar-refractivity contribution in [2.24, 2.45) is 5.92 Å². The van der Waals surface area contributed by atoms with Gasteiger partial charge in [-0.2, -0.15) is 0 Å². The van der Waals surface area contributed by atoms with Gasteiger partial charge in [-0.1, -0.05) is 30.3 Å². The van der Waals surface area contributed by atoms with Gasteiger partial charge in [-0.05, 0) is 48.6 Å². The van der Waals surface area contributed by atoms with Crippen LogP contribution in [0.25, 0.3) is 0 Å². The molecule has 2 aromatic carbocycles. The zero-order valence-corrected chi connectivity index (χ0v) is 12.9. The Morgan fingerprint density at radius 3 is 2.36 bits per heavy atom. The van der Waals surface area contributed by atoms with Crippen molar-refractivity contribution in [2.75, 3.05) is 13.7 Å². The fourth-order valence-electron chi connectivity index (χ4n) is 2.55. The topological polar surface area (TPSA) is 29.5 Å². The first-order chi connectivity index (χ1) is 10.8. The normalized spacial score (nSPS) is 13.7. The maximum absolute atomic E-state index is 12.8. The van der Waals surface area contributed by atoms with Crippen LogP contribution in [-0.2, 0) is 6.54 Å². The number of nitrogens with zero attached hydrogens (tertiary/aromatic N) is 1. The van der Waals surface area contributed by atoms with Crippen molar-refractivity contribution < 1.29 is 9.53 Å². The van der Waals surface area contributed by atoms with Crippen LogP contribution in [0.15, 0.2) is 54.6 Å². The molecular formula is C19H21NO2. The number of carbonyl (C=O) groups is 1. The summed E-state index contributed by atoms with van der Waals surface area (Å²) >= 11 is 0. The van der Waals surface area contributed by atoms with Gasteiger partial charge in [-0.25, -0.2) is 0 Å². The number of benzene rings is 2. The van der Waals surface area contributed by atoms with Gasteiger partial charge in [0.1, 0.15) is 5.75 Å². The lowest BCUT2D eigenvalue weighted by molar-refractivity contribution is 0.0735. The molecule has 22 heavy (non-hydrogen) atoms. The van der Waals surface area contributed by atoms with Gasteiger partial charge in [0.2, 0.25) is 0 Å². The van der Waals surface area contributed by atoms with Gasteiger partial charge in [0.05, 0.1) is 7.11 Å². The summed E-state index contributed by atoms with van der Waals surface area (Å²) in [6.07, 6.45) is 2.47. The van der Waals surface area contributed by atoms with E-state index in [-0.39, 0.29) is 5.91 Å². The third-order valence-electron chi connectivity index (χ3n) is 4.02. The highest BCUT2D eigenvalue weighted by Crippen LogP contribution is 2.30. The van der Waals surface area contributed by atoms with Gasteiger partial charge in [-0.3, -0.25) is 4.79 Å². The van der Waals surface area contributed by atoms with E-state index in [1.54, 1.807) is 7.11 Å². The molecule has 3 nitrogen and oxygen atoms in total. The average molecular weight is 295 g/mol. The van der Waals surface area contributed by atoms with Crippen molar-refractivity contribution in [3.63, 3.8) is 0 Å². The standard InChI is InChI=1S/C19H21NO2/c1-22-18-11-9-17(10-12-18)19(21)20(14-16-7-8-16)13-15-5-3-2-4-6-15/h2-6,9-12,16H,7-8,13-14H2,1H3. The van der Waals surface area contributed by atoms with Gasteiger partial charge in [0.25, 0.3) is 5.91 Å². The molecule has 3 rings (SSSR count). The van der Waals surface area contributed by atoms with Crippen molar-refractivity contribution in [3.8, 4) is 5.75 Å². The van der Waals surface area contributed by atoms with Crippen molar-refractivity contribution in [2.45, 2.75) is 19.4 Å². The van der Waals surface area contributed by atoms with E-state index in [0.717, 1.165) is 17.9 Å². The minimum atomic E-state index is 0.0957. The second-order valence-electron chi connectivity index (χ2n) is 5.84. The van der Waals surface area contributed by atoms with Crippen molar-refractivity contribution >= 4 is 5.91 Å². The van der Waals surface area contributed by atoms with Crippen LogP contribution in [0, 0.1) is 5.92 Å². The molecule has 114 valence electrons. The summed E-state index contributed by atoms with van der Waals surface area (Å²) < 4.78 is 5.15. The van der Waals surface area contributed by atoms with Crippen LogP contribution >= 0.6 is 0 Å². The molecule has 1 amide bonds. The summed E-state index contributed by atoms with van der Waals surface area (Å²) in [6.45, 7) is 1.52. The molecule has 1 fully saturated rings. The predicted octanol–water partition coefficient (Wildman–Crippen LogP) is 3.75. The first-order valence-corrected chi connectivity index (χ1v) is 7.73. The van der Waals surface area contributed by atoms with E-state index in [1.165, 1.54) is 18.4 Å². The van der Waals surface area contributed by atoms with E-state index in [9.17, 15) is 4.79 Å². The van der Waals surface area contributed by atoms with Crippen molar-refractivity contribution in [1.82, 2.24) is 4.90 Å². The van der Waals surface area contributed by atoms with Crippen LogP contribution in [-0.4, -0.2) is 24.5 Å². The first-order valence-electron chi connectivity index (χ1n) is 7.73. The number of methoxy groups -OCH3 is 1. The summed E-state index contributed by atoms with van der Waals surface area (Å²) in [5.41, 5.74) is 1.89. The Balaban J connectivity index is 1.76. The molecule has 0 unspecified atom stereocenters. The Kier molecular flexibility index (Phi) is 4.42. The molecule has 0 radical (unpaired) electrons. The third-order valence-corrected chi connectivity index (χ3v) is 4.02. The van der Waals surface area contributed by atoms with Crippen LogP contribution in [0.4, 0.5) is 0 Å². The molecule has 1 aliphatic rings. The van der Waals surface area contributed by atoms with Crippen LogP contribution in [0.3, 0.4) is 0 Å². The SMILES string of the molecule is COc1ccc(C(=O)N(Cc2ccccc2)CC2CC2)cc1. The molecule has 1 saturated carbocycles. The molecule has 0 saturated heterocycles. The van der Waals surface area contributed by atoms with Gasteiger partial charge < -0.3 is 9.64 Å². The summed E-state index contributed by atoms with van der Waals surface area (Å²) in [5, 5.41) is 0. The first kappa shape index (κ1) is 14.6. The molecule has 0 N–H and O–H groups in total. The van der Waals surface area contributed by atoms with Crippen LogP contribution < -0.4 is 4.74 Å². The Bertz CT molecular complexity index is 618. The van der Waals surface area contributed by atoms with E-state index >= 15 is 0 Å². The highest BCUT2D eigenvalue weighted by atomic mass is 16.5. The van der Waals surface area contributed by atoms with E-state index in [2.05, 4.69) is 12.1 Å². The van der Waals surface area contributed by atoms with Crippen molar-refractivity contribution in [1.29, 1.82) is 0 Å². The van der Waals surface area contributed by atoms with E-state index in [4.69, 9.17) is 4.74 Å². The van der Waals surface area contributed by atoms with Gasteiger partial charge in [0.15, 0.2) is 0 Å². The molecule has 0 aliphatic heterocycles. The highest BCUT2D eigenvalue weighted by Gasteiger charge is 2.27. The maximum atomic E-state index is 12.8. The summed E-state index contributed by atoms with van der Waals surface area (Å²) in [7, 11) is 1.63. The second-order valence-corrected chi connectivity index (χ2v) is 5.84. The molecule has 1 aliphatic carbocycles. The molecule has 0 spiro atoms. The summed E-state index contributed by atoms with van der Waals surface area (Å²) in [4.78, 5) is 14.8. The quantitative estimate of drug-likeness (QED) is 0.812. The Labute approximate surface area is 131 Å². The lowest BCUT2D eigenvalue weighted by Crippen LogP contribution is -2.32.